The minimum absolute atomic E-state index is 0.0190. The second-order valence-electron chi connectivity index (χ2n) is 8.70. The van der Waals surface area contributed by atoms with Crippen molar-refractivity contribution in [3.8, 4) is 0 Å². The number of hydrogen-bond donors (Lipinski definition) is 0. The van der Waals surface area contributed by atoms with Gasteiger partial charge in [-0.2, -0.15) is 0 Å². The number of piperazine rings is 1. The molecule has 30 heavy (non-hydrogen) atoms. The highest BCUT2D eigenvalue weighted by Gasteiger charge is 2.32. The lowest BCUT2D eigenvalue weighted by Crippen LogP contribution is -2.51. The molecule has 164 valence electrons. The van der Waals surface area contributed by atoms with Gasteiger partial charge in [-0.1, -0.05) is 12.1 Å². The highest BCUT2D eigenvalue weighted by atomic mass is 16.6. The van der Waals surface area contributed by atoms with Crippen LogP contribution in [0, 0.1) is 0 Å². The monoisotopic (exact) mass is 417 g/mol. The number of benzene rings is 1. The smallest absolute Gasteiger partial charge is 0.410 e. The maximum atomic E-state index is 13.2. The molecule has 0 aliphatic carbocycles. The van der Waals surface area contributed by atoms with Gasteiger partial charge >= 0.3 is 12.1 Å². The number of amides is 2. The number of fused-ring (bicyclic) bond motifs is 1. The Morgan fingerprint density at radius 1 is 0.933 bits per heavy atom. The third kappa shape index (κ3) is 5.11. The van der Waals surface area contributed by atoms with Crippen molar-refractivity contribution < 1.29 is 23.9 Å². The first kappa shape index (κ1) is 22.1. The van der Waals surface area contributed by atoms with E-state index >= 15 is 0 Å². The maximum absolute atomic E-state index is 13.2. The molecular formula is C22H31N3O5. The first-order chi connectivity index (χ1) is 14.2. The molecule has 1 saturated heterocycles. The number of carbonyl (C=O) groups excluding carboxylic acids is 3. The van der Waals surface area contributed by atoms with E-state index in [-0.39, 0.29) is 24.7 Å². The Hall–Kier alpha value is -2.61. The van der Waals surface area contributed by atoms with Crippen molar-refractivity contribution in [1.82, 2.24) is 14.7 Å². The van der Waals surface area contributed by atoms with Gasteiger partial charge in [0.25, 0.3) is 5.91 Å². The fraction of sp³-hybridized carbons (Fsp3) is 0.591. The summed E-state index contributed by atoms with van der Waals surface area (Å²) in [6.45, 7) is 11.3. The van der Waals surface area contributed by atoms with Gasteiger partial charge in [-0.3, -0.25) is 14.5 Å². The molecule has 2 aliphatic rings. The van der Waals surface area contributed by atoms with Crippen molar-refractivity contribution >= 4 is 18.0 Å². The molecule has 1 aromatic carbocycles. The summed E-state index contributed by atoms with van der Waals surface area (Å²) in [4.78, 5) is 41.8. The van der Waals surface area contributed by atoms with Crippen LogP contribution in [0.2, 0.25) is 0 Å². The van der Waals surface area contributed by atoms with Gasteiger partial charge in [0.15, 0.2) is 0 Å². The Morgan fingerprint density at radius 3 is 2.20 bits per heavy atom. The molecule has 0 spiro atoms. The Kier molecular flexibility index (Phi) is 6.65. The van der Waals surface area contributed by atoms with Crippen LogP contribution in [-0.4, -0.2) is 77.6 Å². The van der Waals surface area contributed by atoms with E-state index in [4.69, 9.17) is 9.47 Å². The molecule has 0 saturated carbocycles. The van der Waals surface area contributed by atoms with Crippen molar-refractivity contribution in [2.45, 2.75) is 46.3 Å². The first-order valence-electron chi connectivity index (χ1n) is 10.4. The third-order valence-corrected chi connectivity index (χ3v) is 5.60. The SMILES string of the molecule is CC(=O)OCCOC(=O)N1CCN(C(=O)c2cccc3c2CN(C(C)(C)C)C3)CC1. The molecule has 2 heterocycles. The molecule has 8 heteroatoms. The highest BCUT2D eigenvalue weighted by Crippen LogP contribution is 2.31. The lowest BCUT2D eigenvalue weighted by molar-refractivity contribution is -0.142. The van der Waals surface area contributed by atoms with Gasteiger partial charge in [0.05, 0.1) is 0 Å². The zero-order valence-corrected chi connectivity index (χ0v) is 18.3. The summed E-state index contributed by atoms with van der Waals surface area (Å²) >= 11 is 0. The fourth-order valence-corrected chi connectivity index (χ4v) is 3.76. The molecule has 3 rings (SSSR count). The number of hydrogen-bond acceptors (Lipinski definition) is 6. The average molecular weight is 418 g/mol. The van der Waals surface area contributed by atoms with Crippen LogP contribution in [0.15, 0.2) is 18.2 Å². The van der Waals surface area contributed by atoms with Crippen LogP contribution < -0.4 is 0 Å². The number of carbonyl (C=O) groups is 3. The summed E-state index contributed by atoms with van der Waals surface area (Å²) in [5.74, 6) is -0.387. The number of nitrogens with zero attached hydrogens (tertiary/aromatic N) is 3. The first-order valence-corrected chi connectivity index (χ1v) is 10.4. The van der Waals surface area contributed by atoms with Gasteiger partial charge in [-0.05, 0) is 38.0 Å². The van der Waals surface area contributed by atoms with Crippen molar-refractivity contribution in [1.29, 1.82) is 0 Å². The van der Waals surface area contributed by atoms with E-state index in [1.807, 2.05) is 12.1 Å². The van der Waals surface area contributed by atoms with Crippen molar-refractivity contribution in [2.24, 2.45) is 0 Å². The quantitative estimate of drug-likeness (QED) is 0.552. The Morgan fingerprint density at radius 2 is 1.57 bits per heavy atom. The van der Waals surface area contributed by atoms with E-state index in [1.165, 1.54) is 12.5 Å². The largest absolute Gasteiger partial charge is 0.462 e. The summed E-state index contributed by atoms with van der Waals surface area (Å²) in [5.41, 5.74) is 3.13. The van der Waals surface area contributed by atoms with Crippen LogP contribution in [0.25, 0.3) is 0 Å². The Bertz CT molecular complexity index is 809. The van der Waals surface area contributed by atoms with Crippen molar-refractivity contribution in [3.05, 3.63) is 34.9 Å². The van der Waals surface area contributed by atoms with Crippen molar-refractivity contribution in [3.63, 3.8) is 0 Å². The van der Waals surface area contributed by atoms with Gasteiger partial charge in [0.1, 0.15) is 13.2 Å². The number of ether oxygens (including phenoxy) is 2. The predicted molar refractivity (Wildman–Crippen MR) is 111 cm³/mol. The standard InChI is InChI=1S/C22H31N3O5/c1-16(26)29-12-13-30-21(28)24-10-8-23(9-11-24)20(27)18-7-5-6-17-14-25(15-19(17)18)22(2,3)4/h5-7H,8-15H2,1-4H3. The summed E-state index contributed by atoms with van der Waals surface area (Å²) in [6.07, 6.45) is -0.448. The second-order valence-corrected chi connectivity index (χ2v) is 8.70. The predicted octanol–water partition coefficient (Wildman–Crippen LogP) is 2.26. The van der Waals surface area contributed by atoms with Crippen LogP contribution in [0.5, 0.6) is 0 Å². The van der Waals surface area contributed by atoms with Gasteiger partial charge < -0.3 is 19.3 Å². The lowest BCUT2D eigenvalue weighted by atomic mass is 10.0. The maximum Gasteiger partial charge on any atom is 0.410 e. The van der Waals surface area contributed by atoms with E-state index in [2.05, 4.69) is 31.7 Å². The molecule has 1 fully saturated rings. The van der Waals surface area contributed by atoms with Gasteiger partial charge in [0, 0.05) is 57.3 Å². The Balaban J connectivity index is 1.55. The number of rotatable bonds is 4. The summed E-state index contributed by atoms with van der Waals surface area (Å²) in [6, 6.07) is 5.96. The Labute approximate surface area is 177 Å². The molecule has 1 aromatic rings. The van der Waals surface area contributed by atoms with Crippen LogP contribution >= 0.6 is 0 Å². The number of esters is 1. The molecule has 0 unspecified atom stereocenters. The van der Waals surface area contributed by atoms with Crippen LogP contribution in [0.3, 0.4) is 0 Å². The van der Waals surface area contributed by atoms with E-state index in [0.29, 0.717) is 26.2 Å². The van der Waals surface area contributed by atoms with Crippen LogP contribution in [0.4, 0.5) is 4.79 Å². The molecule has 0 radical (unpaired) electrons. The molecular weight excluding hydrogens is 386 g/mol. The summed E-state index contributed by atoms with van der Waals surface area (Å²) < 4.78 is 9.87. The molecule has 8 nitrogen and oxygen atoms in total. The zero-order valence-electron chi connectivity index (χ0n) is 18.3. The van der Waals surface area contributed by atoms with E-state index in [0.717, 1.165) is 24.2 Å². The summed E-state index contributed by atoms with van der Waals surface area (Å²) in [5, 5.41) is 0. The highest BCUT2D eigenvalue weighted by molar-refractivity contribution is 5.96. The minimum atomic E-state index is -0.448. The fourth-order valence-electron chi connectivity index (χ4n) is 3.76. The van der Waals surface area contributed by atoms with Gasteiger partial charge in [-0.15, -0.1) is 0 Å². The molecule has 2 amide bonds. The normalized spacial score (nSPS) is 16.9. The van der Waals surface area contributed by atoms with Gasteiger partial charge in [-0.25, -0.2) is 4.79 Å². The van der Waals surface area contributed by atoms with Crippen LogP contribution in [-0.2, 0) is 27.4 Å². The van der Waals surface area contributed by atoms with Gasteiger partial charge in [0.2, 0.25) is 0 Å². The van der Waals surface area contributed by atoms with E-state index in [1.54, 1.807) is 9.80 Å². The average Bonchev–Trinajstić information content (AvgIpc) is 3.15. The molecule has 0 atom stereocenters. The lowest BCUT2D eigenvalue weighted by Gasteiger charge is -2.34. The van der Waals surface area contributed by atoms with Crippen molar-refractivity contribution in [2.75, 3.05) is 39.4 Å². The van der Waals surface area contributed by atoms with Crippen LogP contribution in [0.1, 0.15) is 49.2 Å². The third-order valence-electron chi connectivity index (χ3n) is 5.60. The summed E-state index contributed by atoms with van der Waals surface area (Å²) in [7, 11) is 0. The minimum Gasteiger partial charge on any atom is -0.462 e. The topological polar surface area (TPSA) is 79.4 Å². The zero-order chi connectivity index (χ0) is 21.9. The van der Waals surface area contributed by atoms with E-state index in [9.17, 15) is 14.4 Å². The van der Waals surface area contributed by atoms with E-state index < -0.39 is 12.1 Å². The molecule has 0 N–H and O–H groups in total. The molecule has 0 bridgehead atoms. The molecule has 2 aliphatic heterocycles. The molecule has 0 aromatic heterocycles. The second kappa shape index (κ2) is 9.04.